The third kappa shape index (κ3) is 5.21. The van der Waals surface area contributed by atoms with E-state index in [1.54, 1.807) is 37.3 Å². The summed E-state index contributed by atoms with van der Waals surface area (Å²) in [5.41, 5.74) is 1.81. The van der Waals surface area contributed by atoms with E-state index >= 15 is 0 Å². The monoisotopic (exact) mass is 454 g/mol. The van der Waals surface area contributed by atoms with Gasteiger partial charge in [-0.05, 0) is 60.2 Å². The molecule has 0 fully saturated rings. The first kappa shape index (κ1) is 22.5. The summed E-state index contributed by atoms with van der Waals surface area (Å²) in [4.78, 5) is 37.2. The molecule has 170 valence electrons. The molecule has 0 saturated heterocycles. The van der Waals surface area contributed by atoms with Crippen LogP contribution in [0.1, 0.15) is 27.6 Å². The zero-order valence-corrected chi connectivity index (χ0v) is 18.4. The van der Waals surface area contributed by atoms with Crippen molar-refractivity contribution in [3.05, 3.63) is 102 Å². The van der Waals surface area contributed by atoms with Crippen molar-refractivity contribution in [1.29, 1.82) is 0 Å². The van der Waals surface area contributed by atoms with Crippen LogP contribution in [0.5, 0.6) is 5.75 Å². The molecule has 2 amide bonds. The molecule has 0 aliphatic rings. The molecule has 7 nitrogen and oxygen atoms in total. The summed E-state index contributed by atoms with van der Waals surface area (Å²) < 4.78 is 9.73. The maximum atomic E-state index is 13.0. The van der Waals surface area contributed by atoms with Crippen molar-refractivity contribution in [3.8, 4) is 5.75 Å². The lowest BCUT2D eigenvalue weighted by molar-refractivity contribution is 0.101. The minimum absolute atomic E-state index is 0.204. The van der Waals surface area contributed by atoms with Crippen LogP contribution in [0, 0.1) is 0 Å². The first-order chi connectivity index (χ1) is 16.5. The van der Waals surface area contributed by atoms with Gasteiger partial charge in [0.2, 0.25) is 0 Å². The van der Waals surface area contributed by atoms with Crippen molar-refractivity contribution < 1.29 is 23.9 Å². The lowest BCUT2D eigenvalue weighted by Crippen LogP contribution is -2.17. The molecule has 0 bridgehead atoms. The number of anilines is 2. The highest BCUT2D eigenvalue weighted by atomic mass is 16.7. The third-order valence-electron chi connectivity index (χ3n) is 5.04. The highest BCUT2D eigenvalue weighted by Crippen LogP contribution is 2.25. The first-order valence-corrected chi connectivity index (χ1v) is 10.7. The predicted octanol–water partition coefficient (Wildman–Crippen LogP) is 5.88. The number of carbonyl (C=O) groups is 3. The summed E-state index contributed by atoms with van der Waals surface area (Å²) in [5.74, 6) is -0.397. The number of hydrogen-bond acceptors (Lipinski definition) is 5. The molecule has 34 heavy (non-hydrogen) atoms. The van der Waals surface area contributed by atoms with Gasteiger partial charge >= 0.3 is 6.16 Å². The number of ether oxygens (including phenoxy) is 2. The van der Waals surface area contributed by atoms with E-state index in [0.717, 1.165) is 10.8 Å². The van der Waals surface area contributed by atoms with Crippen LogP contribution >= 0.6 is 0 Å². The van der Waals surface area contributed by atoms with Gasteiger partial charge in [0.05, 0.1) is 18.0 Å². The zero-order valence-electron chi connectivity index (χ0n) is 18.4. The fourth-order valence-electron chi connectivity index (χ4n) is 3.43. The average Bonchev–Trinajstić information content (AvgIpc) is 2.85. The van der Waals surface area contributed by atoms with Crippen LogP contribution < -0.4 is 15.4 Å². The zero-order chi connectivity index (χ0) is 23.9. The Kier molecular flexibility index (Phi) is 6.84. The van der Waals surface area contributed by atoms with E-state index in [-0.39, 0.29) is 24.2 Å². The Morgan fingerprint density at radius 1 is 0.706 bits per heavy atom. The van der Waals surface area contributed by atoms with Crippen molar-refractivity contribution in [2.45, 2.75) is 6.92 Å². The fraction of sp³-hybridized carbons (Fsp3) is 0.0741. The summed E-state index contributed by atoms with van der Waals surface area (Å²) in [6.07, 6.45) is -0.810. The van der Waals surface area contributed by atoms with Crippen LogP contribution in [0.2, 0.25) is 0 Å². The second kappa shape index (κ2) is 10.3. The number of fused-ring (bicyclic) bond motifs is 1. The Hall–Kier alpha value is -4.65. The Morgan fingerprint density at radius 3 is 2.03 bits per heavy atom. The number of benzene rings is 4. The maximum Gasteiger partial charge on any atom is 0.513 e. The second-order valence-corrected chi connectivity index (χ2v) is 7.29. The number of para-hydroxylation sites is 2. The largest absolute Gasteiger partial charge is 0.513 e. The normalized spacial score (nSPS) is 10.4. The minimum atomic E-state index is -0.810. The van der Waals surface area contributed by atoms with Crippen molar-refractivity contribution >= 4 is 40.1 Å². The molecule has 0 aromatic heterocycles. The second-order valence-electron chi connectivity index (χ2n) is 7.29. The standard InChI is InChI=1S/C27H22N2O5/c1-2-33-27(32)34-20-16-14-19(15-17-20)25(30)28-23-12-5-6-13-24(23)29-26(31)22-11-7-9-18-8-3-4-10-21(18)22/h3-17H,2H2,1H3,(H,28,30)(H,29,31). The molecule has 0 unspecified atom stereocenters. The molecule has 0 saturated carbocycles. The van der Waals surface area contributed by atoms with Gasteiger partial charge in [0.1, 0.15) is 5.75 Å². The smallest absolute Gasteiger partial charge is 0.434 e. The molecule has 0 heterocycles. The molecule has 0 aliphatic carbocycles. The van der Waals surface area contributed by atoms with Crippen LogP contribution in [0.3, 0.4) is 0 Å². The van der Waals surface area contributed by atoms with Gasteiger partial charge in [0.25, 0.3) is 11.8 Å². The molecule has 7 heteroatoms. The van der Waals surface area contributed by atoms with E-state index in [1.807, 2.05) is 36.4 Å². The van der Waals surface area contributed by atoms with Gasteiger partial charge in [-0.3, -0.25) is 9.59 Å². The van der Waals surface area contributed by atoms with E-state index in [9.17, 15) is 14.4 Å². The number of amides is 2. The summed E-state index contributed by atoms with van der Waals surface area (Å²) in [6, 6.07) is 26.2. The van der Waals surface area contributed by atoms with Gasteiger partial charge < -0.3 is 20.1 Å². The minimum Gasteiger partial charge on any atom is -0.434 e. The Morgan fingerprint density at radius 2 is 1.32 bits per heavy atom. The number of hydrogen-bond donors (Lipinski definition) is 2. The number of carbonyl (C=O) groups excluding carboxylic acids is 3. The maximum absolute atomic E-state index is 13.0. The lowest BCUT2D eigenvalue weighted by Gasteiger charge is -2.13. The van der Waals surface area contributed by atoms with E-state index in [4.69, 9.17) is 9.47 Å². The van der Waals surface area contributed by atoms with Gasteiger partial charge in [-0.1, -0.05) is 48.5 Å². The lowest BCUT2D eigenvalue weighted by atomic mass is 10.0. The van der Waals surface area contributed by atoms with Gasteiger partial charge in [-0.15, -0.1) is 0 Å². The topological polar surface area (TPSA) is 93.7 Å². The highest BCUT2D eigenvalue weighted by molar-refractivity contribution is 6.15. The molecule has 0 atom stereocenters. The summed E-state index contributed by atoms with van der Waals surface area (Å²) in [5, 5.41) is 7.52. The van der Waals surface area contributed by atoms with Gasteiger partial charge in [-0.25, -0.2) is 4.79 Å². The quantitative estimate of drug-likeness (QED) is 0.280. The third-order valence-corrected chi connectivity index (χ3v) is 5.04. The molecule has 4 aromatic rings. The Balaban J connectivity index is 1.49. The van der Waals surface area contributed by atoms with Crippen LogP contribution in [-0.4, -0.2) is 24.6 Å². The van der Waals surface area contributed by atoms with Crippen LogP contribution in [-0.2, 0) is 4.74 Å². The Labute approximate surface area is 196 Å². The highest BCUT2D eigenvalue weighted by Gasteiger charge is 2.14. The molecule has 0 radical (unpaired) electrons. The summed E-state index contributed by atoms with van der Waals surface area (Å²) in [7, 11) is 0. The van der Waals surface area contributed by atoms with Crippen LogP contribution in [0.4, 0.5) is 16.2 Å². The molecule has 2 N–H and O–H groups in total. The van der Waals surface area contributed by atoms with Crippen molar-refractivity contribution in [1.82, 2.24) is 0 Å². The first-order valence-electron chi connectivity index (χ1n) is 10.7. The average molecular weight is 454 g/mol. The fourth-order valence-corrected chi connectivity index (χ4v) is 3.43. The van der Waals surface area contributed by atoms with Gasteiger partial charge in [0.15, 0.2) is 0 Å². The van der Waals surface area contributed by atoms with E-state index < -0.39 is 6.16 Å². The van der Waals surface area contributed by atoms with Crippen LogP contribution in [0.25, 0.3) is 10.8 Å². The number of nitrogens with one attached hydrogen (secondary N) is 2. The molecule has 4 aromatic carbocycles. The predicted molar refractivity (Wildman–Crippen MR) is 130 cm³/mol. The van der Waals surface area contributed by atoms with Crippen molar-refractivity contribution in [2.24, 2.45) is 0 Å². The molecule has 0 aliphatic heterocycles. The van der Waals surface area contributed by atoms with E-state index in [1.165, 1.54) is 24.3 Å². The molecule has 0 spiro atoms. The van der Waals surface area contributed by atoms with E-state index in [0.29, 0.717) is 22.5 Å². The molecule has 4 rings (SSSR count). The SMILES string of the molecule is CCOC(=O)Oc1ccc(C(=O)Nc2ccccc2NC(=O)c2cccc3ccccc23)cc1. The van der Waals surface area contributed by atoms with Crippen molar-refractivity contribution in [2.75, 3.05) is 17.2 Å². The molecular weight excluding hydrogens is 432 g/mol. The van der Waals surface area contributed by atoms with E-state index in [2.05, 4.69) is 10.6 Å². The molecular formula is C27H22N2O5. The van der Waals surface area contributed by atoms with Gasteiger partial charge in [-0.2, -0.15) is 0 Å². The van der Waals surface area contributed by atoms with Gasteiger partial charge in [0, 0.05) is 11.1 Å². The summed E-state index contributed by atoms with van der Waals surface area (Å²) in [6.45, 7) is 1.88. The summed E-state index contributed by atoms with van der Waals surface area (Å²) >= 11 is 0. The Bertz CT molecular complexity index is 1340. The number of rotatable bonds is 6. The van der Waals surface area contributed by atoms with Crippen LogP contribution in [0.15, 0.2) is 91.0 Å². The van der Waals surface area contributed by atoms with Crippen molar-refractivity contribution in [3.63, 3.8) is 0 Å².